The molecule has 1 aromatic carbocycles. The van der Waals surface area contributed by atoms with Gasteiger partial charge in [0.1, 0.15) is 0 Å². The fourth-order valence-corrected chi connectivity index (χ4v) is 1.76. The number of nitrogens with one attached hydrogen (secondary N) is 1. The van der Waals surface area contributed by atoms with Gasteiger partial charge in [-0.2, -0.15) is 0 Å². The van der Waals surface area contributed by atoms with E-state index in [4.69, 9.17) is 14.9 Å². The molecule has 1 rings (SSSR count). The van der Waals surface area contributed by atoms with Crippen molar-refractivity contribution in [1.29, 1.82) is 0 Å². The third kappa shape index (κ3) is 4.85. The van der Waals surface area contributed by atoms with Gasteiger partial charge in [0.05, 0.1) is 44.2 Å². The minimum absolute atomic E-state index is 0.0380. The van der Waals surface area contributed by atoms with Crippen molar-refractivity contribution in [3.8, 4) is 5.75 Å². The van der Waals surface area contributed by atoms with Crippen molar-refractivity contribution in [2.24, 2.45) is 0 Å². The maximum atomic E-state index is 14.0. The van der Waals surface area contributed by atoms with Crippen LogP contribution in [0.3, 0.4) is 0 Å². The number of anilines is 1. The van der Waals surface area contributed by atoms with Crippen molar-refractivity contribution in [3.05, 3.63) is 23.5 Å². The number of rotatable bonds is 9. The quantitative estimate of drug-likeness (QED) is 0.473. The van der Waals surface area contributed by atoms with Gasteiger partial charge >= 0.3 is 5.97 Å². The summed E-state index contributed by atoms with van der Waals surface area (Å²) in [6.45, 7) is 1.59. The number of esters is 1. The molecule has 3 N–H and O–H groups in total. The zero-order valence-corrected chi connectivity index (χ0v) is 12.8. The number of carbonyl (C=O) groups excluding carboxylic acids is 1. The third-order valence-corrected chi connectivity index (χ3v) is 3.03. The molecule has 0 fully saturated rings. The molecule has 0 atom stereocenters. The van der Waals surface area contributed by atoms with Crippen LogP contribution in [0.25, 0.3) is 0 Å². The first-order valence-electron chi connectivity index (χ1n) is 7.10. The van der Waals surface area contributed by atoms with Gasteiger partial charge in [-0.05, 0) is 12.5 Å². The second-order valence-electron chi connectivity index (χ2n) is 4.73. The molecule has 0 heterocycles. The van der Waals surface area contributed by atoms with Gasteiger partial charge in [-0.15, -0.1) is 0 Å². The molecule has 0 unspecified atom stereocenters. The first-order valence-corrected chi connectivity index (χ1v) is 7.10. The Bertz CT molecular complexity index is 491. The largest absolute Gasteiger partial charge is 0.490 e. The highest BCUT2D eigenvalue weighted by molar-refractivity contribution is 5.96. The molecule has 6 nitrogen and oxygen atoms in total. The van der Waals surface area contributed by atoms with Crippen LogP contribution in [0.4, 0.5) is 10.1 Å². The van der Waals surface area contributed by atoms with Gasteiger partial charge in [0.25, 0.3) is 0 Å². The van der Waals surface area contributed by atoms with Gasteiger partial charge < -0.3 is 25.0 Å². The Morgan fingerprint density at radius 2 is 2.05 bits per heavy atom. The summed E-state index contributed by atoms with van der Waals surface area (Å²) in [6.07, 6.45) is 1.67. The van der Waals surface area contributed by atoms with E-state index in [1.54, 1.807) is 0 Å². The molecule has 0 bridgehead atoms. The van der Waals surface area contributed by atoms with E-state index in [-0.39, 0.29) is 30.2 Å². The Morgan fingerprint density at radius 3 is 2.59 bits per heavy atom. The lowest BCUT2D eigenvalue weighted by Crippen LogP contribution is -2.28. The number of halogens is 1. The van der Waals surface area contributed by atoms with Crippen molar-refractivity contribution in [2.75, 3.05) is 32.2 Å². The number of ether oxygens (including phenoxy) is 2. The number of aliphatic hydroxyl groups excluding tert-OH is 2. The summed E-state index contributed by atoms with van der Waals surface area (Å²) in [4.78, 5) is 11.8. The number of hydrogen-bond donors (Lipinski definition) is 3. The lowest BCUT2D eigenvalue weighted by Gasteiger charge is -2.18. The Hall–Kier alpha value is -1.86. The molecule has 0 spiro atoms. The number of hydrogen-bond acceptors (Lipinski definition) is 6. The van der Waals surface area contributed by atoms with Crippen LogP contribution in [0.15, 0.2) is 12.1 Å². The molecule has 0 aliphatic heterocycles. The maximum absolute atomic E-state index is 14.0. The van der Waals surface area contributed by atoms with Gasteiger partial charge in [-0.3, -0.25) is 0 Å². The predicted molar refractivity (Wildman–Crippen MR) is 79.7 cm³/mol. The first-order chi connectivity index (χ1) is 10.6. The third-order valence-electron chi connectivity index (χ3n) is 3.03. The summed E-state index contributed by atoms with van der Waals surface area (Å²) in [5.74, 6) is -1.35. The van der Waals surface area contributed by atoms with E-state index in [0.717, 1.165) is 18.9 Å². The summed E-state index contributed by atoms with van der Waals surface area (Å²) in [6, 6.07) is 1.63. The highest BCUT2D eigenvalue weighted by Gasteiger charge is 2.19. The normalized spacial score (nSPS) is 10.6. The maximum Gasteiger partial charge on any atom is 0.340 e. The van der Waals surface area contributed by atoms with Crippen LogP contribution in [0.5, 0.6) is 5.75 Å². The Balaban J connectivity index is 3.09. The Morgan fingerprint density at radius 1 is 1.36 bits per heavy atom. The fourth-order valence-electron chi connectivity index (χ4n) is 1.76. The lowest BCUT2D eigenvalue weighted by molar-refractivity contribution is 0.0601. The minimum Gasteiger partial charge on any atom is -0.490 e. The molecule has 22 heavy (non-hydrogen) atoms. The zero-order chi connectivity index (χ0) is 16.5. The molecule has 0 saturated carbocycles. The average molecular weight is 315 g/mol. The van der Waals surface area contributed by atoms with Gasteiger partial charge in [0.2, 0.25) is 0 Å². The monoisotopic (exact) mass is 315 g/mol. The van der Waals surface area contributed by atoms with Gasteiger partial charge in [0, 0.05) is 6.07 Å². The molecule has 0 saturated heterocycles. The molecule has 0 aromatic heterocycles. The fraction of sp³-hybridized carbons (Fsp3) is 0.533. The van der Waals surface area contributed by atoms with E-state index < -0.39 is 17.8 Å². The predicted octanol–water partition coefficient (Wildman–Crippen LogP) is 1.56. The molecule has 0 aliphatic rings. The van der Waals surface area contributed by atoms with E-state index in [1.807, 2.05) is 6.92 Å². The van der Waals surface area contributed by atoms with E-state index in [1.165, 1.54) is 13.2 Å². The number of aliphatic hydroxyl groups is 2. The van der Waals surface area contributed by atoms with Crippen molar-refractivity contribution in [2.45, 2.75) is 25.8 Å². The lowest BCUT2D eigenvalue weighted by atomic mass is 10.1. The van der Waals surface area contributed by atoms with Gasteiger partial charge in [-0.25, -0.2) is 9.18 Å². The van der Waals surface area contributed by atoms with E-state index >= 15 is 0 Å². The van der Waals surface area contributed by atoms with Crippen molar-refractivity contribution < 1.29 is 28.9 Å². The molecular weight excluding hydrogens is 293 g/mol. The molecule has 0 radical (unpaired) electrons. The second-order valence-corrected chi connectivity index (χ2v) is 4.73. The van der Waals surface area contributed by atoms with Crippen LogP contribution in [-0.2, 0) is 4.74 Å². The average Bonchev–Trinajstić information content (AvgIpc) is 2.53. The molecule has 124 valence electrons. The van der Waals surface area contributed by atoms with Crippen LogP contribution in [0, 0.1) is 5.82 Å². The number of methoxy groups -OCH3 is 1. The van der Waals surface area contributed by atoms with Crippen LogP contribution in [0.2, 0.25) is 0 Å². The van der Waals surface area contributed by atoms with Crippen LogP contribution < -0.4 is 10.1 Å². The molecular formula is C15H22FNO5. The molecule has 7 heteroatoms. The minimum atomic E-state index is -0.713. The standard InChI is InChI=1S/C15H22FNO5/c1-3-4-5-22-14-6-11(15(20)21-2)13(7-12(14)16)17-10(8-18)9-19/h6-7,10,17-19H,3-5,8-9H2,1-2H3. The number of benzene rings is 1. The van der Waals surface area contributed by atoms with Crippen LogP contribution in [0.1, 0.15) is 30.1 Å². The highest BCUT2D eigenvalue weighted by Crippen LogP contribution is 2.27. The van der Waals surface area contributed by atoms with Crippen molar-refractivity contribution in [1.82, 2.24) is 0 Å². The second kappa shape index (κ2) is 9.22. The van der Waals surface area contributed by atoms with E-state index in [0.29, 0.717) is 6.61 Å². The van der Waals surface area contributed by atoms with Gasteiger partial charge in [-0.1, -0.05) is 13.3 Å². The highest BCUT2D eigenvalue weighted by atomic mass is 19.1. The van der Waals surface area contributed by atoms with Crippen molar-refractivity contribution >= 4 is 11.7 Å². The van der Waals surface area contributed by atoms with Crippen LogP contribution in [-0.4, -0.2) is 49.2 Å². The smallest absolute Gasteiger partial charge is 0.340 e. The topological polar surface area (TPSA) is 88.0 Å². The summed E-state index contributed by atoms with van der Waals surface area (Å²) in [7, 11) is 1.21. The van der Waals surface area contributed by atoms with E-state index in [2.05, 4.69) is 10.1 Å². The summed E-state index contributed by atoms with van der Waals surface area (Å²) in [5.41, 5.74) is 0.197. The van der Waals surface area contributed by atoms with Crippen molar-refractivity contribution in [3.63, 3.8) is 0 Å². The molecule has 0 amide bonds. The SMILES string of the molecule is CCCCOc1cc(C(=O)OC)c(NC(CO)CO)cc1F. The summed E-state index contributed by atoms with van der Waals surface area (Å²) < 4.78 is 24.0. The molecule has 0 aliphatic carbocycles. The molecule has 1 aromatic rings. The zero-order valence-electron chi connectivity index (χ0n) is 12.8. The van der Waals surface area contributed by atoms with Crippen LogP contribution >= 0.6 is 0 Å². The van der Waals surface area contributed by atoms with E-state index in [9.17, 15) is 9.18 Å². The summed E-state index contributed by atoms with van der Waals surface area (Å²) in [5, 5.41) is 20.9. The Labute approximate surface area is 128 Å². The number of unbranched alkanes of at least 4 members (excludes halogenated alkanes) is 1. The van der Waals surface area contributed by atoms with Gasteiger partial charge in [0.15, 0.2) is 11.6 Å². The first kappa shape index (κ1) is 18.2. The number of carbonyl (C=O) groups is 1. The summed E-state index contributed by atoms with van der Waals surface area (Å²) >= 11 is 0. The Kier molecular flexibility index (Phi) is 7.62.